The monoisotopic (exact) mass is 377 g/mol. The first-order chi connectivity index (χ1) is 8.38. The van der Waals surface area contributed by atoms with Crippen LogP contribution < -0.4 is 10.6 Å². The molecule has 0 heterocycles. The van der Waals surface area contributed by atoms with Crippen LogP contribution in [0.15, 0.2) is 40.2 Å². The molecule has 0 aromatic heterocycles. The molecule has 0 unspecified atom stereocenters. The fraction of sp³-hybridized carbons (Fsp3) is 0.462. The van der Waals surface area contributed by atoms with Gasteiger partial charge in [-0.2, -0.15) is 0 Å². The smallest absolute Gasteiger partial charge is 0.191 e. The number of thioether (sulfide) groups is 1. The predicted octanol–water partition coefficient (Wildman–Crippen LogP) is 2.72. The minimum atomic E-state index is 0. The number of rotatable bonds is 5. The average molecular weight is 377 g/mol. The zero-order valence-corrected chi connectivity index (χ0v) is 13.7. The van der Waals surface area contributed by atoms with Crippen LogP contribution in [-0.4, -0.2) is 31.3 Å². The van der Waals surface area contributed by atoms with Crippen molar-refractivity contribution in [2.75, 3.05) is 19.3 Å². The van der Waals surface area contributed by atoms with E-state index < -0.39 is 0 Å². The summed E-state index contributed by atoms with van der Waals surface area (Å²) in [5.41, 5.74) is 0. The van der Waals surface area contributed by atoms with Crippen molar-refractivity contribution >= 4 is 41.7 Å². The van der Waals surface area contributed by atoms with Crippen LogP contribution in [0, 0.1) is 0 Å². The maximum Gasteiger partial charge on any atom is 0.191 e. The Bertz CT molecular complexity index is 366. The van der Waals surface area contributed by atoms with Gasteiger partial charge in [0, 0.05) is 30.3 Å². The lowest BCUT2D eigenvalue weighted by atomic mass is 10.4. The number of halogens is 1. The van der Waals surface area contributed by atoms with E-state index in [1.165, 1.54) is 17.7 Å². The second-order valence-corrected chi connectivity index (χ2v) is 5.25. The number of nitrogens with one attached hydrogen (secondary N) is 2. The Labute approximate surface area is 130 Å². The summed E-state index contributed by atoms with van der Waals surface area (Å²) in [4.78, 5) is 5.52. The van der Waals surface area contributed by atoms with Crippen molar-refractivity contribution < 1.29 is 0 Å². The van der Waals surface area contributed by atoms with Gasteiger partial charge in [0.2, 0.25) is 0 Å². The van der Waals surface area contributed by atoms with Gasteiger partial charge in [0.05, 0.1) is 0 Å². The van der Waals surface area contributed by atoms with Gasteiger partial charge in [-0.3, -0.25) is 4.99 Å². The Morgan fingerprint density at radius 1 is 1.33 bits per heavy atom. The summed E-state index contributed by atoms with van der Waals surface area (Å²) in [6.45, 7) is 0.936. The Morgan fingerprint density at radius 2 is 2.06 bits per heavy atom. The first kappa shape index (κ1) is 15.6. The van der Waals surface area contributed by atoms with Gasteiger partial charge in [-0.1, -0.05) is 18.2 Å². The zero-order valence-electron chi connectivity index (χ0n) is 10.6. The standard InChI is InChI=1S/C13H19N3S.HI/c1-14-13(16-11-7-8-11)15-9-10-17-12-5-3-2-4-6-12;/h2-6,11H,7-10H2,1H3,(H2,14,15,16);1H. The molecule has 1 saturated carbocycles. The summed E-state index contributed by atoms with van der Waals surface area (Å²) in [6, 6.07) is 11.1. The van der Waals surface area contributed by atoms with Gasteiger partial charge in [0.15, 0.2) is 5.96 Å². The van der Waals surface area contributed by atoms with Crippen LogP contribution in [0.25, 0.3) is 0 Å². The summed E-state index contributed by atoms with van der Waals surface area (Å²) >= 11 is 1.86. The van der Waals surface area contributed by atoms with E-state index in [-0.39, 0.29) is 24.0 Å². The number of nitrogens with zero attached hydrogens (tertiary/aromatic N) is 1. The van der Waals surface area contributed by atoms with Crippen LogP contribution in [0.5, 0.6) is 0 Å². The summed E-state index contributed by atoms with van der Waals surface area (Å²) in [6.07, 6.45) is 2.55. The molecule has 0 spiro atoms. The van der Waals surface area contributed by atoms with Crippen molar-refractivity contribution in [1.29, 1.82) is 0 Å². The van der Waals surface area contributed by atoms with Crippen molar-refractivity contribution in [2.45, 2.75) is 23.8 Å². The normalized spacial score (nSPS) is 14.8. The lowest BCUT2D eigenvalue weighted by Crippen LogP contribution is -2.39. The SMILES string of the molecule is CN=C(NCCSc1ccccc1)NC1CC1.I. The van der Waals surface area contributed by atoms with E-state index in [0.717, 1.165) is 18.3 Å². The molecule has 2 rings (SSSR count). The molecule has 1 aliphatic rings. The van der Waals surface area contributed by atoms with Crippen LogP contribution in [-0.2, 0) is 0 Å². The number of hydrogen-bond donors (Lipinski definition) is 2. The molecule has 1 aromatic carbocycles. The van der Waals surface area contributed by atoms with Gasteiger partial charge >= 0.3 is 0 Å². The minimum Gasteiger partial charge on any atom is -0.356 e. The highest BCUT2D eigenvalue weighted by molar-refractivity contribution is 14.0. The molecule has 18 heavy (non-hydrogen) atoms. The molecule has 2 N–H and O–H groups in total. The van der Waals surface area contributed by atoms with E-state index in [1.807, 2.05) is 24.9 Å². The highest BCUT2D eigenvalue weighted by atomic mass is 127. The van der Waals surface area contributed by atoms with Crippen molar-refractivity contribution in [3.63, 3.8) is 0 Å². The van der Waals surface area contributed by atoms with E-state index in [9.17, 15) is 0 Å². The third-order valence-electron chi connectivity index (χ3n) is 2.55. The lowest BCUT2D eigenvalue weighted by molar-refractivity contribution is 0.828. The van der Waals surface area contributed by atoms with E-state index >= 15 is 0 Å². The zero-order chi connectivity index (χ0) is 11.9. The summed E-state index contributed by atoms with van der Waals surface area (Å²) in [5.74, 6) is 1.98. The Hall–Kier alpha value is -0.430. The topological polar surface area (TPSA) is 36.4 Å². The number of hydrogen-bond acceptors (Lipinski definition) is 2. The summed E-state index contributed by atoms with van der Waals surface area (Å²) < 4.78 is 0. The largest absolute Gasteiger partial charge is 0.356 e. The van der Waals surface area contributed by atoms with Gasteiger partial charge in [0.1, 0.15) is 0 Å². The van der Waals surface area contributed by atoms with Crippen LogP contribution in [0.2, 0.25) is 0 Å². The molecule has 1 fully saturated rings. The second kappa shape index (κ2) is 8.63. The molecule has 5 heteroatoms. The summed E-state index contributed by atoms with van der Waals surface area (Å²) in [5, 5.41) is 6.70. The van der Waals surface area contributed by atoms with Gasteiger partial charge in [0.25, 0.3) is 0 Å². The first-order valence-corrected chi connectivity index (χ1v) is 7.02. The average Bonchev–Trinajstić information content (AvgIpc) is 3.18. The molecule has 1 aromatic rings. The van der Waals surface area contributed by atoms with Crippen LogP contribution in [0.1, 0.15) is 12.8 Å². The second-order valence-electron chi connectivity index (χ2n) is 4.08. The molecular formula is C13H20IN3S. The van der Waals surface area contributed by atoms with E-state index in [4.69, 9.17) is 0 Å². The third-order valence-corrected chi connectivity index (χ3v) is 3.56. The first-order valence-electron chi connectivity index (χ1n) is 6.03. The molecule has 0 bridgehead atoms. The molecular weight excluding hydrogens is 357 g/mol. The Balaban J connectivity index is 0.00000162. The predicted molar refractivity (Wildman–Crippen MR) is 90.1 cm³/mol. The molecule has 0 aliphatic heterocycles. The lowest BCUT2D eigenvalue weighted by Gasteiger charge is -2.10. The van der Waals surface area contributed by atoms with E-state index in [2.05, 4.69) is 39.9 Å². The quantitative estimate of drug-likeness (QED) is 0.272. The molecule has 0 atom stereocenters. The minimum absolute atomic E-state index is 0. The fourth-order valence-corrected chi connectivity index (χ4v) is 2.26. The Kier molecular flexibility index (Phi) is 7.50. The number of guanidine groups is 1. The van der Waals surface area contributed by atoms with Crippen LogP contribution >= 0.6 is 35.7 Å². The van der Waals surface area contributed by atoms with Gasteiger partial charge in [-0.15, -0.1) is 35.7 Å². The fourth-order valence-electron chi connectivity index (χ4n) is 1.47. The van der Waals surface area contributed by atoms with E-state index in [1.54, 1.807) is 0 Å². The highest BCUT2D eigenvalue weighted by Gasteiger charge is 2.21. The molecule has 0 amide bonds. The van der Waals surface area contributed by atoms with E-state index in [0.29, 0.717) is 6.04 Å². The molecule has 0 saturated heterocycles. The van der Waals surface area contributed by atoms with Crippen molar-refractivity contribution in [1.82, 2.24) is 10.6 Å². The van der Waals surface area contributed by atoms with Crippen LogP contribution in [0.3, 0.4) is 0 Å². The third kappa shape index (κ3) is 5.95. The highest BCUT2D eigenvalue weighted by Crippen LogP contribution is 2.18. The van der Waals surface area contributed by atoms with Crippen LogP contribution in [0.4, 0.5) is 0 Å². The van der Waals surface area contributed by atoms with Gasteiger partial charge < -0.3 is 10.6 Å². The molecule has 0 radical (unpaired) electrons. The molecule has 3 nitrogen and oxygen atoms in total. The maximum atomic E-state index is 4.20. The van der Waals surface area contributed by atoms with Crippen molar-refractivity contribution in [2.24, 2.45) is 4.99 Å². The number of aliphatic imine (C=N–C) groups is 1. The molecule has 1 aliphatic carbocycles. The van der Waals surface area contributed by atoms with Gasteiger partial charge in [-0.25, -0.2) is 0 Å². The molecule has 100 valence electrons. The Morgan fingerprint density at radius 3 is 2.67 bits per heavy atom. The number of benzene rings is 1. The summed E-state index contributed by atoms with van der Waals surface area (Å²) in [7, 11) is 1.82. The van der Waals surface area contributed by atoms with Gasteiger partial charge in [-0.05, 0) is 25.0 Å². The van der Waals surface area contributed by atoms with Crippen molar-refractivity contribution in [3.8, 4) is 0 Å². The van der Waals surface area contributed by atoms with Crippen molar-refractivity contribution in [3.05, 3.63) is 30.3 Å². The maximum absolute atomic E-state index is 4.20.